The van der Waals surface area contributed by atoms with Crippen LogP contribution in [0.2, 0.25) is 0 Å². The molecule has 158 valence electrons. The van der Waals surface area contributed by atoms with Crippen LogP contribution < -0.4 is 5.32 Å². The SMILES string of the molecule is CCNC(=NCCCc1c(C)noc1C)N1CCOC(c2ccc(C)cc2C)C1. The maximum Gasteiger partial charge on any atom is 0.194 e. The van der Waals surface area contributed by atoms with E-state index in [1.54, 1.807) is 0 Å². The van der Waals surface area contributed by atoms with Crippen molar-refractivity contribution >= 4 is 5.96 Å². The molecule has 6 nitrogen and oxygen atoms in total. The third kappa shape index (κ3) is 5.38. The molecule has 6 heteroatoms. The molecule has 0 bridgehead atoms. The quantitative estimate of drug-likeness (QED) is 0.454. The van der Waals surface area contributed by atoms with Gasteiger partial charge in [-0.1, -0.05) is 28.9 Å². The molecule has 0 radical (unpaired) electrons. The number of nitrogens with one attached hydrogen (secondary N) is 1. The topological polar surface area (TPSA) is 62.9 Å². The fourth-order valence-electron chi connectivity index (χ4n) is 3.94. The normalized spacial score (nSPS) is 17.6. The maximum atomic E-state index is 6.10. The molecule has 0 saturated carbocycles. The standard InChI is InChI=1S/C23H34N4O2/c1-6-24-23(25-11-7-8-21-18(4)26-29-19(21)5)27-12-13-28-22(15-27)20-10-9-16(2)14-17(20)3/h9-10,14,22H,6-8,11-13,15H2,1-5H3,(H,24,25). The number of hydrogen-bond donors (Lipinski definition) is 1. The molecule has 1 fully saturated rings. The van der Waals surface area contributed by atoms with Crippen molar-refractivity contribution in [1.29, 1.82) is 0 Å². The van der Waals surface area contributed by atoms with E-state index >= 15 is 0 Å². The summed E-state index contributed by atoms with van der Waals surface area (Å²) in [6.07, 6.45) is 2.00. The fourth-order valence-corrected chi connectivity index (χ4v) is 3.94. The van der Waals surface area contributed by atoms with E-state index < -0.39 is 0 Å². The van der Waals surface area contributed by atoms with Crippen molar-refractivity contribution in [1.82, 2.24) is 15.4 Å². The van der Waals surface area contributed by atoms with E-state index in [1.807, 2.05) is 13.8 Å². The fraction of sp³-hybridized carbons (Fsp3) is 0.565. The highest BCUT2D eigenvalue weighted by Crippen LogP contribution is 2.26. The van der Waals surface area contributed by atoms with Crippen molar-refractivity contribution in [2.75, 3.05) is 32.8 Å². The zero-order valence-electron chi connectivity index (χ0n) is 18.4. The molecule has 0 spiro atoms. The summed E-state index contributed by atoms with van der Waals surface area (Å²) in [7, 11) is 0. The van der Waals surface area contributed by atoms with Crippen molar-refractivity contribution in [3.05, 3.63) is 51.9 Å². The largest absolute Gasteiger partial charge is 0.370 e. The van der Waals surface area contributed by atoms with Crippen LogP contribution in [0, 0.1) is 27.7 Å². The van der Waals surface area contributed by atoms with Gasteiger partial charge < -0.3 is 19.5 Å². The Morgan fingerprint density at radius 2 is 2.10 bits per heavy atom. The zero-order chi connectivity index (χ0) is 20.8. The molecule has 1 aromatic carbocycles. The summed E-state index contributed by atoms with van der Waals surface area (Å²) < 4.78 is 11.4. The lowest BCUT2D eigenvalue weighted by atomic mass is 10.00. The number of aryl methyl sites for hydroxylation is 4. The summed E-state index contributed by atoms with van der Waals surface area (Å²) in [5.41, 5.74) is 6.05. The van der Waals surface area contributed by atoms with Crippen LogP contribution in [-0.4, -0.2) is 48.8 Å². The predicted molar refractivity (Wildman–Crippen MR) is 116 cm³/mol. The van der Waals surface area contributed by atoms with E-state index in [-0.39, 0.29) is 6.10 Å². The van der Waals surface area contributed by atoms with Crippen molar-refractivity contribution in [3.63, 3.8) is 0 Å². The lowest BCUT2D eigenvalue weighted by Crippen LogP contribution is -2.48. The second-order valence-electron chi connectivity index (χ2n) is 7.81. The van der Waals surface area contributed by atoms with Gasteiger partial charge in [0, 0.05) is 25.2 Å². The van der Waals surface area contributed by atoms with Crippen LogP contribution in [0.3, 0.4) is 0 Å². The van der Waals surface area contributed by atoms with Crippen LogP contribution in [0.1, 0.15) is 53.2 Å². The Balaban J connectivity index is 1.63. The van der Waals surface area contributed by atoms with Gasteiger partial charge in [0.15, 0.2) is 5.96 Å². The number of aliphatic imine (C=N–C) groups is 1. The first kappa shape index (κ1) is 21.4. The van der Waals surface area contributed by atoms with E-state index in [0.717, 1.165) is 56.4 Å². The number of morpholine rings is 1. The van der Waals surface area contributed by atoms with Crippen LogP contribution >= 0.6 is 0 Å². The summed E-state index contributed by atoms with van der Waals surface area (Å²) >= 11 is 0. The van der Waals surface area contributed by atoms with Crippen LogP contribution in [0.25, 0.3) is 0 Å². The Labute approximate surface area is 174 Å². The monoisotopic (exact) mass is 398 g/mol. The summed E-state index contributed by atoms with van der Waals surface area (Å²) in [5, 5.41) is 7.49. The highest BCUT2D eigenvalue weighted by molar-refractivity contribution is 5.80. The van der Waals surface area contributed by atoms with Gasteiger partial charge in [0.1, 0.15) is 11.9 Å². The van der Waals surface area contributed by atoms with E-state index in [1.165, 1.54) is 22.3 Å². The lowest BCUT2D eigenvalue weighted by molar-refractivity contribution is -0.00833. The van der Waals surface area contributed by atoms with Crippen LogP contribution in [-0.2, 0) is 11.2 Å². The molecule has 1 aliphatic rings. The average molecular weight is 399 g/mol. The van der Waals surface area contributed by atoms with E-state index in [9.17, 15) is 0 Å². The molecule has 1 atom stereocenters. The molecule has 1 aromatic heterocycles. The van der Waals surface area contributed by atoms with Crippen LogP contribution in [0.5, 0.6) is 0 Å². The Kier molecular flexibility index (Phi) is 7.31. The predicted octanol–water partition coefficient (Wildman–Crippen LogP) is 3.88. The molecule has 1 N–H and O–H groups in total. The first-order chi connectivity index (χ1) is 14.0. The highest BCUT2D eigenvalue weighted by Gasteiger charge is 2.25. The number of guanidine groups is 1. The third-order valence-corrected chi connectivity index (χ3v) is 5.50. The van der Waals surface area contributed by atoms with Crippen LogP contribution in [0.15, 0.2) is 27.7 Å². The van der Waals surface area contributed by atoms with Gasteiger partial charge in [0.2, 0.25) is 0 Å². The molecule has 1 aliphatic heterocycles. The molecule has 2 aromatic rings. The number of hydrogen-bond acceptors (Lipinski definition) is 4. The molecule has 3 rings (SSSR count). The minimum absolute atomic E-state index is 0.0792. The number of rotatable bonds is 6. The van der Waals surface area contributed by atoms with Crippen molar-refractivity contribution in [3.8, 4) is 0 Å². The van der Waals surface area contributed by atoms with E-state index in [2.05, 4.69) is 54.3 Å². The summed E-state index contributed by atoms with van der Waals surface area (Å²) in [6.45, 7) is 14.4. The van der Waals surface area contributed by atoms with E-state index in [4.69, 9.17) is 14.3 Å². The van der Waals surface area contributed by atoms with Crippen molar-refractivity contribution in [2.45, 2.75) is 53.6 Å². The second-order valence-corrected chi connectivity index (χ2v) is 7.81. The Morgan fingerprint density at radius 1 is 1.28 bits per heavy atom. The Morgan fingerprint density at radius 3 is 2.79 bits per heavy atom. The Bertz CT molecular complexity index is 824. The molecule has 1 saturated heterocycles. The molecule has 1 unspecified atom stereocenters. The highest BCUT2D eigenvalue weighted by atomic mass is 16.5. The van der Waals surface area contributed by atoms with Gasteiger partial charge in [-0.25, -0.2) is 0 Å². The van der Waals surface area contributed by atoms with Gasteiger partial charge in [0.05, 0.1) is 18.8 Å². The minimum Gasteiger partial charge on any atom is -0.370 e. The molecule has 29 heavy (non-hydrogen) atoms. The molecular weight excluding hydrogens is 364 g/mol. The van der Waals surface area contributed by atoms with Gasteiger partial charge in [0.25, 0.3) is 0 Å². The van der Waals surface area contributed by atoms with Gasteiger partial charge in [-0.05, 0) is 58.6 Å². The zero-order valence-corrected chi connectivity index (χ0v) is 18.4. The summed E-state index contributed by atoms with van der Waals surface area (Å²) in [5.74, 6) is 1.90. The lowest BCUT2D eigenvalue weighted by Gasteiger charge is -2.36. The molecule has 0 amide bonds. The number of benzene rings is 1. The molecule has 0 aliphatic carbocycles. The molecular formula is C23H34N4O2. The van der Waals surface area contributed by atoms with Gasteiger partial charge in [-0.15, -0.1) is 0 Å². The summed E-state index contributed by atoms with van der Waals surface area (Å²) in [6, 6.07) is 6.59. The first-order valence-corrected chi connectivity index (χ1v) is 10.6. The first-order valence-electron chi connectivity index (χ1n) is 10.6. The number of nitrogens with zero attached hydrogens (tertiary/aromatic N) is 3. The maximum absolute atomic E-state index is 6.10. The Hall–Kier alpha value is -2.34. The summed E-state index contributed by atoms with van der Waals surface area (Å²) in [4.78, 5) is 7.21. The third-order valence-electron chi connectivity index (χ3n) is 5.50. The van der Waals surface area contributed by atoms with Crippen molar-refractivity contribution < 1.29 is 9.26 Å². The van der Waals surface area contributed by atoms with Gasteiger partial charge >= 0.3 is 0 Å². The second kappa shape index (κ2) is 9.92. The number of aromatic nitrogens is 1. The van der Waals surface area contributed by atoms with Gasteiger partial charge in [-0.2, -0.15) is 0 Å². The van der Waals surface area contributed by atoms with Crippen LogP contribution in [0.4, 0.5) is 0 Å². The van der Waals surface area contributed by atoms with Crippen molar-refractivity contribution in [2.24, 2.45) is 4.99 Å². The van der Waals surface area contributed by atoms with Gasteiger partial charge in [-0.3, -0.25) is 4.99 Å². The van der Waals surface area contributed by atoms with E-state index in [0.29, 0.717) is 6.61 Å². The minimum atomic E-state index is 0.0792. The smallest absolute Gasteiger partial charge is 0.194 e. The average Bonchev–Trinajstić information content (AvgIpc) is 3.02. The number of ether oxygens (including phenoxy) is 1. The molecule has 2 heterocycles.